The molecule has 5 nitrogen and oxygen atoms in total. The predicted molar refractivity (Wildman–Crippen MR) is 111 cm³/mol. The van der Waals surface area contributed by atoms with E-state index in [1.54, 1.807) is 4.90 Å². The Balaban J connectivity index is 1.24. The molecule has 4 rings (SSSR count). The highest BCUT2D eigenvalue weighted by Crippen LogP contribution is 2.45. The Morgan fingerprint density at radius 1 is 1.07 bits per heavy atom. The van der Waals surface area contributed by atoms with Crippen molar-refractivity contribution in [3.8, 4) is 0 Å². The van der Waals surface area contributed by atoms with Crippen molar-refractivity contribution in [3.63, 3.8) is 0 Å². The van der Waals surface area contributed by atoms with Crippen molar-refractivity contribution in [3.05, 3.63) is 35.9 Å². The molecular weight excluding hydrogens is 350 g/mol. The molecule has 3 fully saturated rings. The Morgan fingerprint density at radius 2 is 1.75 bits per heavy atom. The van der Waals surface area contributed by atoms with Crippen molar-refractivity contribution in [1.82, 2.24) is 15.1 Å². The van der Waals surface area contributed by atoms with Crippen LogP contribution >= 0.6 is 0 Å². The van der Waals surface area contributed by atoms with Gasteiger partial charge in [-0.15, -0.1) is 0 Å². The van der Waals surface area contributed by atoms with Crippen LogP contribution in [-0.4, -0.2) is 61.7 Å². The van der Waals surface area contributed by atoms with Gasteiger partial charge in [0.15, 0.2) is 0 Å². The highest BCUT2D eigenvalue weighted by atomic mass is 16.6. The molecule has 1 spiro atoms. The second kappa shape index (κ2) is 9.27. The molecule has 1 saturated carbocycles. The molecule has 2 heterocycles. The van der Waals surface area contributed by atoms with Gasteiger partial charge in [0.05, 0.1) is 0 Å². The first kappa shape index (κ1) is 17.3. The lowest BCUT2D eigenvalue weighted by Crippen LogP contribution is -2.50. The molecule has 0 unspecified atom stereocenters. The number of nitrogens with zero attached hydrogens (tertiary/aromatic N) is 2. The number of rotatable bonds is 4. The van der Waals surface area contributed by atoms with Crippen LogP contribution in [0.25, 0.3) is 0 Å². The fourth-order valence-corrected chi connectivity index (χ4v) is 4.90. The number of benzene rings is 1. The Morgan fingerprint density at radius 3 is 2.43 bits per heavy atom. The summed E-state index contributed by atoms with van der Waals surface area (Å²) in [5, 5.41) is 3.46. The Labute approximate surface area is 172 Å². The molecule has 28 heavy (non-hydrogen) atoms. The SMILES string of the molecule is [2H]C([2H])(C1CCC2(CCNCC2)CC1)N1CCN(C(=O)OCc2ccccc2)CC1. The summed E-state index contributed by atoms with van der Waals surface area (Å²) in [5.74, 6) is 0.0922. The van der Waals surface area contributed by atoms with E-state index < -0.39 is 6.50 Å². The lowest BCUT2D eigenvalue weighted by molar-refractivity contribution is 0.0545. The smallest absolute Gasteiger partial charge is 0.410 e. The minimum Gasteiger partial charge on any atom is -0.445 e. The van der Waals surface area contributed by atoms with Crippen molar-refractivity contribution in [2.24, 2.45) is 11.3 Å². The van der Waals surface area contributed by atoms with E-state index in [1.807, 2.05) is 35.2 Å². The van der Waals surface area contributed by atoms with Crippen molar-refractivity contribution in [1.29, 1.82) is 0 Å². The topological polar surface area (TPSA) is 44.8 Å². The fourth-order valence-electron chi connectivity index (χ4n) is 4.90. The standard InChI is InChI=1S/C23H35N3O2/c27-22(28-19-21-4-2-1-3-5-21)26-16-14-25(15-17-26)18-20-6-8-23(9-7-20)10-12-24-13-11-23/h1-5,20,24H,6-19H2/i18D2. The molecule has 0 atom stereocenters. The van der Waals surface area contributed by atoms with E-state index >= 15 is 0 Å². The van der Waals surface area contributed by atoms with E-state index in [4.69, 9.17) is 7.48 Å². The van der Waals surface area contributed by atoms with Crippen LogP contribution in [0.3, 0.4) is 0 Å². The summed E-state index contributed by atoms with van der Waals surface area (Å²) in [5.41, 5.74) is 1.43. The number of hydrogen-bond donors (Lipinski definition) is 1. The number of piperidine rings is 1. The van der Waals surface area contributed by atoms with Gasteiger partial charge < -0.3 is 15.0 Å². The molecule has 1 N–H and O–H groups in total. The first-order chi connectivity index (χ1) is 14.5. The first-order valence-corrected chi connectivity index (χ1v) is 10.9. The average molecular weight is 388 g/mol. The molecule has 1 amide bonds. The average Bonchev–Trinajstić information content (AvgIpc) is 2.79. The highest BCUT2D eigenvalue weighted by Gasteiger charge is 2.36. The number of hydrogen-bond acceptors (Lipinski definition) is 4. The molecule has 5 heteroatoms. The second-order valence-electron chi connectivity index (χ2n) is 8.67. The van der Waals surface area contributed by atoms with E-state index in [1.165, 1.54) is 12.8 Å². The number of piperazine rings is 1. The summed E-state index contributed by atoms with van der Waals surface area (Å²) in [6.45, 7) is 3.39. The van der Waals surface area contributed by atoms with Gasteiger partial charge >= 0.3 is 6.09 Å². The molecule has 1 aromatic carbocycles. The fraction of sp³-hybridized carbons (Fsp3) is 0.696. The lowest BCUT2D eigenvalue weighted by Gasteiger charge is -2.44. The van der Waals surface area contributed by atoms with Crippen molar-refractivity contribution < 1.29 is 12.3 Å². The third-order valence-corrected chi connectivity index (χ3v) is 6.82. The molecule has 3 aliphatic rings. The monoisotopic (exact) mass is 387 g/mol. The zero-order valence-corrected chi connectivity index (χ0v) is 16.9. The molecule has 0 aromatic heterocycles. The van der Waals surface area contributed by atoms with Crippen LogP contribution in [0.15, 0.2) is 30.3 Å². The van der Waals surface area contributed by atoms with Gasteiger partial charge in [-0.1, -0.05) is 30.3 Å². The van der Waals surface area contributed by atoms with E-state index in [0.717, 1.165) is 44.3 Å². The summed E-state index contributed by atoms with van der Waals surface area (Å²) in [6, 6.07) is 9.69. The molecule has 154 valence electrons. The van der Waals surface area contributed by atoms with Crippen LogP contribution in [0.5, 0.6) is 0 Å². The minimum absolute atomic E-state index is 0.0922. The van der Waals surface area contributed by atoms with Gasteiger partial charge in [-0.05, 0) is 68.5 Å². The Hall–Kier alpha value is -1.59. The zero-order chi connectivity index (χ0) is 21.0. The van der Waals surface area contributed by atoms with Crippen LogP contribution in [0.1, 0.15) is 46.8 Å². The van der Waals surface area contributed by atoms with E-state index in [2.05, 4.69) is 5.32 Å². The number of ether oxygens (including phenoxy) is 1. The van der Waals surface area contributed by atoms with Gasteiger partial charge in [0.25, 0.3) is 0 Å². The summed E-state index contributed by atoms with van der Waals surface area (Å²) < 4.78 is 23.1. The van der Waals surface area contributed by atoms with Crippen LogP contribution < -0.4 is 5.32 Å². The predicted octanol–water partition coefficient (Wildman–Crippen LogP) is 3.50. The van der Waals surface area contributed by atoms with Crippen LogP contribution in [0.2, 0.25) is 0 Å². The van der Waals surface area contributed by atoms with Gasteiger partial charge in [0.1, 0.15) is 6.61 Å². The minimum atomic E-state index is -1.30. The molecule has 0 bridgehead atoms. The van der Waals surface area contributed by atoms with Crippen molar-refractivity contribution in [2.75, 3.05) is 45.8 Å². The van der Waals surface area contributed by atoms with Gasteiger partial charge in [0, 0.05) is 35.4 Å². The number of nitrogens with one attached hydrogen (secondary N) is 1. The molecular formula is C23H35N3O2. The summed E-state index contributed by atoms with van der Waals surface area (Å²) in [7, 11) is 0. The first-order valence-electron chi connectivity index (χ1n) is 11.9. The number of carbonyl (C=O) groups is 1. The van der Waals surface area contributed by atoms with E-state index in [0.29, 0.717) is 31.6 Å². The van der Waals surface area contributed by atoms with Gasteiger partial charge in [-0.3, -0.25) is 4.90 Å². The molecule has 2 aliphatic heterocycles. The van der Waals surface area contributed by atoms with Crippen LogP contribution in [-0.2, 0) is 11.3 Å². The quantitative estimate of drug-likeness (QED) is 0.859. The summed E-state index contributed by atoms with van der Waals surface area (Å²) >= 11 is 0. The third kappa shape index (κ3) is 5.06. The maximum absolute atomic E-state index is 12.4. The normalized spacial score (nSPS) is 25.2. The molecule has 2 saturated heterocycles. The van der Waals surface area contributed by atoms with Crippen molar-refractivity contribution in [2.45, 2.75) is 45.1 Å². The van der Waals surface area contributed by atoms with E-state index in [9.17, 15) is 4.79 Å². The highest BCUT2D eigenvalue weighted by molar-refractivity contribution is 5.67. The maximum atomic E-state index is 12.4. The summed E-state index contributed by atoms with van der Waals surface area (Å²) in [6.07, 6.45) is 6.46. The van der Waals surface area contributed by atoms with E-state index in [-0.39, 0.29) is 18.6 Å². The summed E-state index contributed by atoms with van der Waals surface area (Å²) in [4.78, 5) is 16.1. The Kier molecular flexibility index (Phi) is 5.72. The van der Waals surface area contributed by atoms with Gasteiger partial charge in [-0.2, -0.15) is 0 Å². The lowest BCUT2D eigenvalue weighted by atomic mass is 9.65. The largest absolute Gasteiger partial charge is 0.445 e. The van der Waals surface area contributed by atoms with Gasteiger partial charge in [-0.25, -0.2) is 4.79 Å². The molecule has 1 aliphatic carbocycles. The molecule has 0 radical (unpaired) electrons. The second-order valence-corrected chi connectivity index (χ2v) is 8.67. The number of amides is 1. The Bertz CT molecular complexity index is 692. The van der Waals surface area contributed by atoms with Gasteiger partial charge in [0.2, 0.25) is 0 Å². The number of carbonyl (C=O) groups excluding carboxylic acids is 1. The van der Waals surface area contributed by atoms with Crippen molar-refractivity contribution >= 4 is 6.09 Å². The maximum Gasteiger partial charge on any atom is 0.410 e. The zero-order valence-electron chi connectivity index (χ0n) is 18.9. The van der Waals surface area contributed by atoms with Crippen LogP contribution in [0.4, 0.5) is 4.79 Å². The molecule has 1 aromatic rings. The third-order valence-electron chi connectivity index (χ3n) is 6.82. The van der Waals surface area contributed by atoms with Crippen LogP contribution in [0, 0.1) is 11.3 Å².